The highest BCUT2D eigenvalue weighted by atomic mass is 35.5. The summed E-state index contributed by atoms with van der Waals surface area (Å²) in [6, 6.07) is 0.384. The van der Waals surface area contributed by atoms with Crippen LogP contribution in [0.2, 0.25) is 0 Å². The summed E-state index contributed by atoms with van der Waals surface area (Å²) < 4.78 is 39.5. The number of carbonyl (C=O) groups is 1. The molecule has 1 amide bonds. The molecule has 1 rings (SSSR count). The number of alkyl halides is 1. The average Bonchev–Trinajstić information content (AvgIpc) is 2.30. The van der Waals surface area contributed by atoms with Crippen molar-refractivity contribution >= 4 is 17.5 Å². The van der Waals surface area contributed by atoms with E-state index in [0.717, 1.165) is 0 Å². The van der Waals surface area contributed by atoms with Gasteiger partial charge in [0.05, 0.1) is 16.5 Å². The van der Waals surface area contributed by atoms with Crippen LogP contribution in [0.4, 0.5) is 13.2 Å². The topological polar surface area (TPSA) is 49.3 Å². The Balaban J connectivity index is 3.15. The van der Waals surface area contributed by atoms with Gasteiger partial charge in [-0.15, -0.1) is 11.6 Å². The monoisotopic (exact) mass is 295 g/mol. The van der Waals surface area contributed by atoms with Crippen molar-refractivity contribution in [3.8, 4) is 5.75 Å². The molecule has 0 radical (unpaired) electrons. The molecule has 1 unspecified atom stereocenters. The van der Waals surface area contributed by atoms with Crippen molar-refractivity contribution in [3.63, 3.8) is 0 Å². The molecule has 0 aliphatic carbocycles. The summed E-state index contributed by atoms with van der Waals surface area (Å²) in [6.07, 6.45) is 0. The molecule has 1 aromatic carbocycles. The summed E-state index contributed by atoms with van der Waals surface area (Å²) in [5, 5.41) is 10.9. The van der Waals surface area contributed by atoms with E-state index in [1.807, 2.05) is 0 Å². The maximum atomic E-state index is 13.5. The van der Waals surface area contributed by atoms with E-state index in [2.05, 4.69) is 5.32 Å². The van der Waals surface area contributed by atoms with Crippen LogP contribution in [0.1, 0.15) is 31.1 Å². The maximum Gasteiger partial charge on any atom is 0.254 e. The highest BCUT2D eigenvalue weighted by molar-refractivity contribution is 6.21. The average molecular weight is 296 g/mol. The van der Waals surface area contributed by atoms with Crippen LogP contribution in [0.15, 0.2) is 6.07 Å². The van der Waals surface area contributed by atoms with E-state index in [9.17, 15) is 18.0 Å². The second-order valence-corrected chi connectivity index (χ2v) is 5.33. The summed E-state index contributed by atoms with van der Waals surface area (Å²) in [4.78, 5) is 11.8. The van der Waals surface area contributed by atoms with Gasteiger partial charge in [-0.1, -0.05) is 0 Å². The molecule has 0 saturated carbocycles. The van der Waals surface area contributed by atoms with Crippen LogP contribution in [-0.4, -0.2) is 21.9 Å². The molecule has 0 bridgehead atoms. The molecule has 0 aromatic heterocycles. The van der Waals surface area contributed by atoms with Crippen LogP contribution in [0, 0.1) is 17.5 Å². The van der Waals surface area contributed by atoms with Crippen molar-refractivity contribution in [2.45, 2.75) is 31.7 Å². The van der Waals surface area contributed by atoms with Gasteiger partial charge in [0, 0.05) is 0 Å². The van der Waals surface area contributed by atoms with Gasteiger partial charge in [0.15, 0.2) is 17.4 Å². The zero-order chi connectivity index (χ0) is 15.0. The quantitative estimate of drug-likeness (QED) is 0.665. The normalized spacial score (nSPS) is 13.2. The van der Waals surface area contributed by atoms with Gasteiger partial charge in [0.1, 0.15) is 0 Å². The molecule has 7 heteroatoms. The molecular weight excluding hydrogens is 283 g/mol. The number of halogens is 4. The van der Waals surface area contributed by atoms with Crippen LogP contribution < -0.4 is 5.32 Å². The summed E-state index contributed by atoms with van der Waals surface area (Å²) in [5.74, 6) is -7.29. The predicted molar refractivity (Wildman–Crippen MR) is 64.8 cm³/mol. The first-order valence-electron chi connectivity index (χ1n) is 5.41. The van der Waals surface area contributed by atoms with Gasteiger partial charge in [-0.05, 0) is 26.8 Å². The second-order valence-electron chi connectivity index (χ2n) is 4.67. The lowest BCUT2D eigenvalue weighted by atomic mass is 10.0. The van der Waals surface area contributed by atoms with Crippen molar-refractivity contribution in [2.75, 3.05) is 0 Å². The Kier molecular flexibility index (Phi) is 4.35. The molecule has 106 valence electrons. The third-order valence-corrected chi connectivity index (χ3v) is 3.35. The van der Waals surface area contributed by atoms with Crippen molar-refractivity contribution in [1.29, 1.82) is 0 Å². The molecule has 0 aliphatic heterocycles. The molecule has 3 nitrogen and oxygen atoms in total. The standard InChI is InChI=1S/C12H13ClF3NO2/c1-5(13)12(2,3)17-11(19)6-4-7(14)9(16)10(18)8(6)15/h4-5,18H,1-3H3,(H,17,19). The van der Waals surface area contributed by atoms with Gasteiger partial charge in [-0.3, -0.25) is 4.79 Å². The highest BCUT2D eigenvalue weighted by Crippen LogP contribution is 2.26. The van der Waals surface area contributed by atoms with Gasteiger partial charge in [-0.25, -0.2) is 8.78 Å². The Morgan fingerprint density at radius 3 is 2.37 bits per heavy atom. The molecule has 2 N–H and O–H groups in total. The Morgan fingerprint density at radius 2 is 1.89 bits per heavy atom. The van der Waals surface area contributed by atoms with Gasteiger partial charge in [-0.2, -0.15) is 4.39 Å². The lowest BCUT2D eigenvalue weighted by Crippen LogP contribution is -2.49. The van der Waals surface area contributed by atoms with Crippen molar-refractivity contribution in [3.05, 3.63) is 29.1 Å². The summed E-state index contributed by atoms with van der Waals surface area (Å²) in [7, 11) is 0. The number of hydrogen-bond donors (Lipinski definition) is 2. The van der Waals surface area contributed by atoms with E-state index in [4.69, 9.17) is 16.7 Å². The lowest BCUT2D eigenvalue weighted by Gasteiger charge is -2.29. The fourth-order valence-electron chi connectivity index (χ4n) is 1.22. The molecule has 0 aliphatic rings. The number of aromatic hydroxyl groups is 1. The van der Waals surface area contributed by atoms with Crippen molar-refractivity contribution in [1.82, 2.24) is 5.32 Å². The number of amides is 1. The Hall–Kier alpha value is -1.43. The van der Waals surface area contributed by atoms with Crippen molar-refractivity contribution < 1.29 is 23.1 Å². The molecule has 0 heterocycles. The third kappa shape index (κ3) is 3.12. The van der Waals surface area contributed by atoms with E-state index in [1.165, 1.54) is 0 Å². The number of phenols is 1. The SMILES string of the molecule is CC(Cl)C(C)(C)NC(=O)c1cc(F)c(F)c(O)c1F. The van der Waals surface area contributed by atoms with Gasteiger partial charge < -0.3 is 10.4 Å². The largest absolute Gasteiger partial charge is 0.503 e. The van der Waals surface area contributed by atoms with Crippen LogP contribution in [0.3, 0.4) is 0 Å². The van der Waals surface area contributed by atoms with Crippen LogP contribution in [0.5, 0.6) is 5.75 Å². The lowest BCUT2D eigenvalue weighted by molar-refractivity contribution is 0.0906. The van der Waals surface area contributed by atoms with Gasteiger partial charge >= 0.3 is 0 Å². The predicted octanol–water partition coefficient (Wildman–Crippen LogP) is 2.95. The second kappa shape index (κ2) is 5.28. The van der Waals surface area contributed by atoms with Gasteiger partial charge in [0.25, 0.3) is 5.91 Å². The number of rotatable bonds is 3. The number of benzene rings is 1. The van der Waals surface area contributed by atoms with Crippen LogP contribution in [0.25, 0.3) is 0 Å². The zero-order valence-electron chi connectivity index (χ0n) is 10.5. The minimum Gasteiger partial charge on any atom is -0.503 e. The smallest absolute Gasteiger partial charge is 0.254 e. The maximum absolute atomic E-state index is 13.5. The summed E-state index contributed by atoms with van der Waals surface area (Å²) in [5.41, 5.74) is -1.69. The Morgan fingerprint density at radius 1 is 1.37 bits per heavy atom. The highest BCUT2D eigenvalue weighted by Gasteiger charge is 2.29. The van der Waals surface area contributed by atoms with Crippen LogP contribution >= 0.6 is 11.6 Å². The number of phenolic OH excluding ortho intramolecular Hbond substituents is 1. The molecular formula is C12H13ClF3NO2. The summed E-state index contributed by atoms with van der Waals surface area (Å²) in [6.45, 7) is 4.78. The molecule has 1 aromatic rings. The van der Waals surface area contributed by atoms with Crippen LogP contribution in [-0.2, 0) is 0 Å². The molecule has 19 heavy (non-hydrogen) atoms. The first kappa shape index (κ1) is 15.6. The fourth-order valence-corrected chi connectivity index (χ4v) is 1.27. The zero-order valence-corrected chi connectivity index (χ0v) is 11.3. The summed E-state index contributed by atoms with van der Waals surface area (Å²) >= 11 is 5.84. The number of hydrogen-bond acceptors (Lipinski definition) is 2. The third-order valence-electron chi connectivity index (χ3n) is 2.81. The van der Waals surface area contributed by atoms with E-state index < -0.39 is 45.6 Å². The van der Waals surface area contributed by atoms with E-state index in [0.29, 0.717) is 6.07 Å². The molecule has 1 atom stereocenters. The van der Waals surface area contributed by atoms with E-state index in [1.54, 1.807) is 20.8 Å². The Labute approximate surface area is 113 Å². The Bertz CT molecular complexity index is 518. The van der Waals surface area contributed by atoms with E-state index >= 15 is 0 Å². The minimum absolute atomic E-state index is 0.384. The fraction of sp³-hybridized carbons (Fsp3) is 0.417. The number of nitrogens with one attached hydrogen (secondary N) is 1. The molecule has 0 spiro atoms. The number of carbonyl (C=O) groups excluding carboxylic acids is 1. The first-order valence-corrected chi connectivity index (χ1v) is 5.84. The first-order chi connectivity index (χ1) is 8.58. The molecule has 0 saturated heterocycles. The minimum atomic E-state index is -1.74. The van der Waals surface area contributed by atoms with E-state index in [-0.39, 0.29) is 0 Å². The molecule has 0 fully saturated rings. The van der Waals surface area contributed by atoms with Gasteiger partial charge in [0.2, 0.25) is 5.82 Å². The van der Waals surface area contributed by atoms with Crippen molar-refractivity contribution in [2.24, 2.45) is 0 Å².